The molecule has 11 nitrogen and oxygen atoms in total. The molecule has 1 saturated carbocycles. The SMILES string of the molecule is CC(C)C(NC(=O)NC(C(=O)N1CCCC1C)C(C)(C)C)C(=O)c1ccccc1.CC(NC=O)C(=O)C(N)=O.CC1CCC1. The van der Waals surface area contributed by atoms with Crippen LogP contribution in [0.2, 0.25) is 0 Å². The summed E-state index contributed by atoms with van der Waals surface area (Å²) < 4.78 is 0. The molecule has 1 saturated heterocycles. The first-order valence-corrected chi connectivity index (χ1v) is 15.5. The van der Waals surface area contributed by atoms with Gasteiger partial charge >= 0.3 is 6.03 Å². The number of nitrogens with one attached hydrogen (secondary N) is 3. The Bertz CT molecular complexity index is 1110. The van der Waals surface area contributed by atoms with Gasteiger partial charge in [-0.2, -0.15) is 0 Å². The number of hydrogen-bond donors (Lipinski definition) is 4. The van der Waals surface area contributed by atoms with Gasteiger partial charge in [0.15, 0.2) is 5.78 Å². The van der Waals surface area contributed by atoms with Crippen LogP contribution in [0.25, 0.3) is 0 Å². The Balaban J connectivity index is 0.000000526. The number of carbonyl (C=O) groups is 6. The van der Waals surface area contributed by atoms with Crippen molar-refractivity contribution in [2.24, 2.45) is 23.0 Å². The molecule has 3 rings (SSSR count). The van der Waals surface area contributed by atoms with Crippen molar-refractivity contribution in [1.29, 1.82) is 0 Å². The predicted molar refractivity (Wildman–Crippen MR) is 171 cm³/mol. The number of hydrogen-bond acceptors (Lipinski definition) is 6. The molecule has 44 heavy (non-hydrogen) atoms. The number of ketones is 2. The van der Waals surface area contributed by atoms with Crippen LogP contribution in [0.5, 0.6) is 0 Å². The monoisotopic (exact) mass is 615 g/mol. The number of primary amides is 1. The van der Waals surface area contributed by atoms with Crippen LogP contribution in [-0.4, -0.2) is 71.4 Å². The maximum absolute atomic E-state index is 13.1. The smallest absolute Gasteiger partial charge is 0.316 e. The summed E-state index contributed by atoms with van der Waals surface area (Å²) in [6.07, 6.45) is 6.76. The molecule has 1 aromatic carbocycles. The number of benzene rings is 1. The molecule has 1 aliphatic carbocycles. The van der Waals surface area contributed by atoms with Crippen LogP contribution in [0.3, 0.4) is 0 Å². The highest BCUT2D eigenvalue weighted by Gasteiger charge is 2.39. The normalized spacial score (nSPS) is 18.1. The van der Waals surface area contributed by atoms with Gasteiger partial charge in [0.25, 0.3) is 5.91 Å². The lowest BCUT2D eigenvalue weighted by Crippen LogP contribution is -2.59. The number of likely N-dealkylation sites (tertiary alicyclic amines) is 1. The number of nitrogens with zero attached hydrogens (tertiary/aromatic N) is 1. The van der Waals surface area contributed by atoms with E-state index in [4.69, 9.17) is 0 Å². The first kappa shape index (κ1) is 38.3. The number of carbonyl (C=O) groups excluding carboxylic acids is 6. The standard InChI is InChI=1S/C23H35N3O3.C5H8N2O3.C5H10/c1-15(2)18(19(27)17-12-8-7-9-13-17)24-22(29)25-20(23(4,5)6)21(28)26-14-10-11-16(26)3;1-3(7-2-8)4(9)5(6)10;1-5-3-2-4-5/h7-9,12-13,15-16,18,20H,10-11,14H2,1-6H3,(H2,24,25,29);2-3H,1H3,(H2,6,10)(H,7,8);5H,2-4H2,1H3. The van der Waals surface area contributed by atoms with E-state index >= 15 is 0 Å². The first-order chi connectivity index (χ1) is 20.5. The van der Waals surface area contributed by atoms with Crippen LogP contribution < -0.4 is 21.7 Å². The van der Waals surface area contributed by atoms with Crippen LogP contribution in [0.1, 0.15) is 97.9 Å². The van der Waals surface area contributed by atoms with Gasteiger partial charge in [0.05, 0.1) is 12.1 Å². The molecule has 1 heterocycles. The predicted octanol–water partition coefficient (Wildman–Crippen LogP) is 3.60. The van der Waals surface area contributed by atoms with Gasteiger partial charge in [-0.05, 0) is 43.9 Å². The van der Waals surface area contributed by atoms with Gasteiger partial charge in [0.2, 0.25) is 18.1 Å². The van der Waals surface area contributed by atoms with Gasteiger partial charge in [-0.15, -0.1) is 0 Å². The Kier molecular flexibility index (Phi) is 15.8. The molecule has 0 aromatic heterocycles. The van der Waals surface area contributed by atoms with Gasteiger partial charge in [-0.25, -0.2) is 4.79 Å². The van der Waals surface area contributed by atoms with E-state index in [1.165, 1.54) is 26.2 Å². The van der Waals surface area contributed by atoms with Gasteiger partial charge < -0.3 is 26.6 Å². The summed E-state index contributed by atoms with van der Waals surface area (Å²) in [5.41, 5.74) is 4.73. The minimum atomic E-state index is -1.04. The van der Waals surface area contributed by atoms with Crippen LogP contribution in [0.4, 0.5) is 4.79 Å². The molecule has 4 unspecified atom stereocenters. The molecular formula is C33H53N5O6. The quantitative estimate of drug-likeness (QED) is 0.178. The zero-order valence-corrected chi connectivity index (χ0v) is 27.6. The van der Waals surface area contributed by atoms with Crippen molar-refractivity contribution in [1.82, 2.24) is 20.9 Å². The number of Topliss-reactive ketones (excluding diaryl/α,β-unsaturated/α-hetero) is 2. The second kappa shape index (κ2) is 18.1. The van der Waals surface area contributed by atoms with Gasteiger partial charge in [0.1, 0.15) is 6.04 Å². The van der Waals surface area contributed by atoms with Gasteiger partial charge in [-0.3, -0.25) is 24.0 Å². The number of urea groups is 1. The molecule has 5 N–H and O–H groups in total. The number of amides is 5. The van der Waals surface area contributed by atoms with E-state index in [1.54, 1.807) is 24.3 Å². The largest absolute Gasteiger partial charge is 0.363 e. The third-order valence-electron chi connectivity index (χ3n) is 7.87. The second-order valence-corrected chi connectivity index (χ2v) is 13.2. The Morgan fingerprint density at radius 1 is 0.932 bits per heavy atom. The Morgan fingerprint density at radius 2 is 1.50 bits per heavy atom. The van der Waals surface area contributed by atoms with Crippen molar-refractivity contribution in [3.8, 4) is 0 Å². The average Bonchev–Trinajstić information content (AvgIpc) is 3.38. The molecule has 0 spiro atoms. The Hall–Kier alpha value is -3.76. The molecule has 4 atom stereocenters. The van der Waals surface area contributed by atoms with Crippen molar-refractivity contribution in [2.45, 2.75) is 112 Å². The fraction of sp³-hybridized carbons (Fsp3) is 0.636. The van der Waals surface area contributed by atoms with Crippen molar-refractivity contribution >= 4 is 35.8 Å². The van der Waals surface area contributed by atoms with E-state index in [1.807, 2.05) is 52.5 Å². The third kappa shape index (κ3) is 12.5. The fourth-order valence-electron chi connectivity index (χ4n) is 4.71. The molecule has 1 aliphatic heterocycles. The third-order valence-corrected chi connectivity index (χ3v) is 7.87. The molecule has 0 radical (unpaired) electrons. The van der Waals surface area contributed by atoms with E-state index in [9.17, 15) is 28.8 Å². The summed E-state index contributed by atoms with van der Waals surface area (Å²) in [6, 6.07) is 6.47. The van der Waals surface area contributed by atoms with Crippen molar-refractivity contribution in [3.63, 3.8) is 0 Å². The van der Waals surface area contributed by atoms with Gasteiger partial charge in [0, 0.05) is 18.2 Å². The van der Waals surface area contributed by atoms with Crippen LogP contribution in [-0.2, 0) is 19.2 Å². The number of rotatable bonds is 10. The summed E-state index contributed by atoms with van der Waals surface area (Å²) in [5, 5.41) is 7.75. The van der Waals surface area contributed by atoms with Crippen molar-refractivity contribution in [3.05, 3.63) is 35.9 Å². The summed E-state index contributed by atoms with van der Waals surface area (Å²) in [4.78, 5) is 71.1. The topological polar surface area (TPSA) is 168 Å². The molecular weight excluding hydrogens is 562 g/mol. The molecule has 5 amide bonds. The summed E-state index contributed by atoms with van der Waals surface area (Å²) in [6.45, 7) is 16.0. The maximum Gasteiger partial charge on any atom is 0.316 e. The minimum absolute atomic E-state index is 0.0619. The fourth-order valence-corrected chi connectivity index (χ4v) is 4.71. The summed E-state index contributed by atoms with van der Waals surface area (Å²) >= 11 is 0. The number of nitrogens with two attached hydrogens (primary N) is 1. The summed E-state index contributed by atoms with van der Waals surface area (Å²) in [7, 11) is 0. The maximum atomic E-state index is 13.1. The zero-order chi connectivity index (χ0) is 33.6. The van der Waals surface area contributed by atoms with E-state index in [0.717, 1.165) is 25.3 Å². The van der Waals surface area contributed by atoms with Crippen LogP contribution in [0.15, 0.2) is 30.3 Å². The Labute approximate surface area is 262 Å². The zero-order valence-electron chi connectivity index (χ0n) is 27.6. The van der Waals surface area contributed by atoms with Crippen LogP contribution >= 0.6 is 0 Å². The average molecular weight is 616 g/mol. The second-order valence-electron chi connectivity index (χ2n) is 13.2. The van der Waals surface area contributed by atoms with Crippen LogP contribution in [0, 0.1) is 17.3 Å². The van der Waals surface area contributed by atoms with E-state index in [-0.39, 0.29) is 23.7 Å². The molecule has 2 fully saturated rings. The lowest BCUT2D eigenvalue weighted by atomic mass is 9.85. The minimum Gasteiger partial charge on any atom is -0.363 e. The van der Waals surface area contributed by atoms with Crippen molar-refractivity contribution < 1.29 is 28.8 Å². The highest BCUT2D eigenvalue weighted by atomic mass is 16.2. The van der Waals surface area contributed by atoms with E-state index in [2.05, 4.69) is 28.6 Å². The lowest BCUT2D eigenvalue weighted by Gasteiger charge is -2.35. The van der Waals surface area contributed by atoms with Gasteiger partial charge in [-0.1, -0.05) is 91.1 Å². The lowest BCUT2D eigenvalue weighted by molar-refractivity contribution is -0.137. The highest BCUT2D eigenvalue weighted by molar-refractivity contribution is 6.37. The highest BCUT2D eigenvalue weighted by Crippen LogP contribution is 2.26. The first-order valence-electron chi connectivity index (χ1n) is 15.5. The van der Waals surface area contributed by atoms with Crippen molar-refractivity contribution in [2.75, 3.05) is 6.54 Å². The molecule has 2 aliphatic rings. The van der Waals surface area contributed by atoms with E-state index in [0.29, 0.717) is 12.0 Å². The molecule has 11 heteroatoms. The Morgan fingerprint density at radius 3 is 1.89 bits per heavy atom. The molecule has 246 valence electrons. The molecule has 0 bridgehead atoms. The summed E-state index contributed by atoms with van der Waals surface area (Å²) in [5.74, 6) is -1.06. The molecule has 1 aromatic rings. The van der Waals surface area contributed by atoms with E-state index < -0.39 is 41.3 Å².